The van der Waals surface area contributed by atoms with Crippen LogP contribution in [0.2, 0.25) is 0 Å². The van der Waals surface area contributed by atoms with Gasteiger partial charge in [0.2, 0.25) is 5.91 Å². The molecule has 2 aromatic rings. The number of ether oxygens (including phenoxy) is 1. The molecule has 2 rings (SSSR count). The Hall–Kier alpha value is -2.33. The van der Waals surface area contributed by atoms with E-state index in [1.54, 1.807) is 7.11 Å². The van der Waals surface area contributed by atoms with Crippen LogP contribution in [0.15, 0.2) is 54.6 Å². The van der Waals surface area contributed by atoms with Crippen LogP contribution in [0, 0.1) is 0 Å². The Labute approximate surface area is 151 Å². The van der Waals surface area contributed by atoms with E-state index in [1.807, 2.05) is 61.5 Å². The number of carbonyl (C=O) groups excluding carboxylic acids is 1. The SMILES string of the molecule is COc1cccc(CCC(=O)N(CCN(C)C)Cc2ccccc2)c1. The van der Waals surface area contributed by atoms with Crippen LogP contribution in [0.5, 0.6) is 5.75 Å². The zero-order valence-corrected chi connectivity index (χ0v) is 15.4. The van der Waals surface area contributed by atoms with Gasteiger partial charge in [-0.15, -0.1) is 0 Å². The largest absolute Gasteiger partial charge is 0.497 e. The predicted molar refractivity (Wildman–Crippen MR) is 102 cm³/mol. The fraction of sp³-hybridized carbons (Fsp3) is 0.381. The Morgan fingerprint density at radius 1 is 0.960 bits per heavy atom. The van der Waals surface area contributed by atoms with Crippen molar-refractivity contribution in [1.82, 2.24) is 9.80 Å². The molecule has 2 aromatic carbocycles. The molecule has 0 unspecified atom stereocenters. The second-order valence-corrected chi connectivity index (χ2v) is 6.46. The minimum Gasteiger partial charge on any atom is -0.497 e. The summed E-state index contributed by atoms with van der Waals surface area (Å²) in [5.74, 6) is 1.02. The summed E-state index contributed by atoms with van der Waals surface area (Å²) in [5, 5.41) is 0. The summed E-state index contributed by atoms with van der Waals surface area (Å²) in [4.78, 5) is 16.8. The molecule has 0 heterocycles. The highest BCUT2D eigenvalue weighted by atomic mass is 16.5. The number of likely N-dealkylation sites (N-methyl/N-ethyl adjacent to an activating group) is 1. The van der Waals surface area contributed by atoms with Crippen molar-refractivity contribution in [3.05, 3.63) is 65.7 Å². The Morgan fingerprint density at radius 2 is 1.68 bits per heavy atom. The van der Waals surface area contributed by atoms with E-state index in [0.717, 1.165) is 36.4 Å². The van der Waals surface area contributed by atoms with Crippen molar-refractivity contribution in [2.75, 3.05) is 34.3 Å². The lowest BCUT2D eigenvalue weighted by Gasteiger charge is -2.25. The molecule has 0 atom stereocenters. The molecule has 25 heavy (non-hydrogen) atoms. The molecular weight excluding hydrogens is 312 g/mol. The minimum absolute atomic E-state index is 0.188. The van der Waals surface area contributed by atoms with E-state index in [-0.39, 0.29) is 5.91 Å². The lowest BCUT2D eigenvalue weighted by Crippen LogP contribution is -2.36. The van der Waals surface area contributed by atoms with Gasteiger partial charge in [0, 0.05) is 26.1 Å². The fourth-order valence-corrected chi connectivity index (χ4v) is 2.65. The lowest BCUT2D eigenvalue weighted by molar-refractivity contribution is -0.131. The molecule has 0 N–H and O–H groups in total. The first-order valence-corrected chi connectivity index (χ1v) is 8.68. The van der Waals surface area contributed by atoms with E-state index < -0.39 is 0 Å². The maximum Gasteiger partial charge on any atom is 0.223 e. The van der Waals surface area contributed by atoms with Crippen molar-refractivity contribution in [1.29, 1.82) is 0 Å². The molecule has 0 aliphatic heterocycles. The molecule has 134 valence electrons. The third-order valence-corrected chi connectivity index (χ3v) is 4.15. The number of nitrogens with zero attached hydrogens (tertiary/aromatic N) is 2. The predicted octanol–water partition coefficient (Wildman–Crippen LogP) is 3.22. The first-order valence-electron chi connectivity index (χ1n) is 8.68. The van der Waals surface area contributed by atoms with Crippen LogP contribution in [0.1, 0.15) is 17.5 Å². The van der Waals surface area contributed by atoms with Gasteiger partial charge in [-0.1, -0.05) is 42.5 Å². The van der Waals surface area contributed by atoms with Gasteiger partial charge < -0.3 is 14.5 Å². The fourth-order valence-electron chi connectivity index (χ4n) is 2.65. The Morgan fingerprint density at radius 3 is 2.36 bits per heavy atom. The Balaban J connectivity index is 1.98. The summed E-state index contributed by atoms with van der Waals surface area (Å²) in [5.41, 5.74) is 2.29. The topological polar surface area (TPSA) is 32.8 Å². The van der Waals surface area contributed by atoms with E-state index >= 15 is 0 Å². The van der Waals surface area contributed by atoms with Crippen molar-refractivity contribution in [3.63, 3.8) is 0 Å². The van der Waals surface area contributed by atoms with E-state index in [0.29, 0.717) is 13.0 Å². The highest BCUT2D eigenvalue weighted by molar-refractivity contribution is 5.76. The van der Waals surface area contributed by atoms with Gasteiger partial charge in [-0.3, -0.25) is 4.79 Å². The average Bonchev–Trinajstić information content (AvgIpc) is 2.64. The summed E-state index contributed by atoms with van der Waals surface area (Å²) in [6, 6.07) is 18.1. The third kappa shape index (κ3) is 6.59. The number of aryl methyl sites for hydroxylation is 1. The molecule has 0 aliphatic rings. The number of amides is 1. The first kappa shape index (κ1) is 19.0. The van der Waals surface area contributed by atoms with Crippen LogP contribution in [0.3, 0.4) is 0 Å². The molecule has 0 saturated heterocycles. The average molecular weight is 340 g/mol. The van der Waals surface area contributed by atoms with Gasteiger partial charge in [0.1, 0.15) is 5.75 Å². The summed E-state index contributed by atoms with van der Waals surface area (Å²) >= 11 is 0. The Kier molecular flexibility index (Phi) is 7.48. The molecule has 4 heteroatoms. The molecular formula is C21H28N2O2. The third-order valence-electron chi connectivity index (χ3n) is 4.15. The highest BCUT2D eigenvalue weighted by Crippen LogP contribution is 2.15. The molecule has 4 nitrogen and oxygen atoms in total. The maximum atomic E-state index is 12.8. The van der Waals surface area contributed by atoms with Gasteiger partial charge in [0.25, 0.3) is 0 Å². The summed E-state index contributed by atoms with van der Waals surface area (Å²) < 4.78 is 5.25. The zero-order chi connectivity index (χ0) is 18.1. The molecule has 1 amide bonds. The monoisotopic (exact) mass is 340 g/mol. The van der Waals surface area contributed by atoms with Crippen molar-refractivity contribution in [2.24, 2.45) is 0 Å². The van der Waals surface area contributed by atoms with E-state index in [9.17, 15) is 4.79 Å². The molecule has 0 aliphatic carbocycles. The van der Waals surface area contributed by atoms with Crippen LogP contribution >= 0.6 is 0 Å². The van der Waals surface area contributed by atoms with E-state index in [2.05, 4.69) is 17.0 Å². The van der Waals surface area contributed by atoms with Gasteiger partial charge in [-0.25, -0.2) is 0 Å². The molecule has 0 saturated carbocycles. The number of hydrogen-bond acceptors (Lipinski definition) is 3. The maximum absolute atomic E-state index is 12.8. The van der Waals surface area contributed by atoms with Gasteiger partial charge in [-0.05, 0) is 43.8 Å². The first-order chi connectivity index (χ1) is 12.1. The molecule has 0 aromatic heterocycles. The van der Waals surface area contributed by atoms with Crippen molar-refractivity contribution < 1.29 is 9.53 Å². The van der Waals surface area contributed by atoms with Crippen molar-refractivity contribution in [2.45, 2.75) is 19.4 Å². The molecule has 0 radical (unpaired) electrons. The lowest BCUT2D eigenvalue weighted by atomic mass is 10.1. The number of carbonyl (C=O) groups is 1. The number of hydrogen-bond donors (Lipinski definition) is 0. The zero-order valence-electron chi connectivity index (χ0n) is 15.4. The van der Waals surface area contributed by atoms with Crippen molar-refractivity contribution >= 4 is 5.91 Å². The number of methoxy groups -OCH3 is 1. The standard InChI is InChI=1S/C21H28N2O2/c1-22(2)14-15-23(17-19-8-5-4-6-9-19)21(24)13-12-18-10-7-11-20(16-18)25-3/h4-11,16H,12-15,17H2,1-3H3. The Bertz CT molecular complexity index is 656. The quantitative estimate of drug-likeness (QED) is 0.703. The number of benzene rings is 2. The van der Waals surface area contributed by atoms with Crippen LogP contribution in [-0.2, 0) is 17.8 Å². The minimum atomic E-state index is 0.188. The summed E-state index contributed by atoms with van der Waals surface area (Å²) in [6.45, 7) is 2.25. The second-order valence-electron chi connectivity index (χ2n) is 6.46. The molecule has 0 spiro atoms. The van der Waals surface area contributed by atoms with Gasteiger partial charge in [0.15, 0.2) is 0 Å². The second kappa shape index (κ2) is 9.84. The van der Waals surface area contributed by atoms with E-state index in [4.69, 9.17) is 4.74 Å². The molecule has 0 bridgehead atoms. The van der Waals surface area contributed by atoms with Crippen LogP contribution < -0.4 is 4.74 Å². The summed E-state index contributed by atoms with van der Waals surface area (Å²) in [7, 11) is 5.72. The normalized spacial score (nSPS) is 10.7. The summed E-state index contributed by atoms with van der Waals surface area (Å²) in [6.07, 6.45) is 1.23. The van der Waals surface area contributed by atoms with Crippen LogP contribution in [0.25, 0.3) is 0 Å². The van der Waals surface area contributed by atoms with Gasteiger partial charge in [-0.2, -0.15) is 0 Å². The van der Waals surface area contributed by atoms with Gasteiger partial charge in [0.05, 0.1) is 7.11 Å². The van der Waals surface area contributed by atoms with Crippen molar-refractivity contribution in [3.8, 4) is 5.75 Å². The van der Waals surface area contributed by atoms with Crippen LogP contribution in [0.4, 0.5) is 0 Å². The number of rotatable bonds is 9. The van der Waals surface area contributed by atoms with Crippen LogP contribution in [-0.4, -0.2) is 50.0 Å². The highest BCUT2D eigenvalue weighted by Gasteiger charge is 2.14. The van der Waals surface area contributed by atoms with E-state index in [1.165, 1.54) is 0 Å². The molecule has 0 fully saturated rings. The smallest absolute Gasteiger partial charge is 0.223 e. The van der Waals surface area contributed by atoms with Gasteiger partial charge >= 0.3 is 0 Å².